The summed E-state index contributed by atoms with van der Waals surface area (Å²) in [4.78, 5) is 27.4. The van der Waals surface area contributed by atoms with Crippen LogP contribution >= 0.6 is 0 Å². The van der Waals surface area contributed by atoms with E-state index in [1.54, 1.807) is 16.5 Å². The molecule has 0 radical (unpaired) electrons. The zero-order chi connectivity index (χ0) is 23.8. The van der Waals surface area contributed by atoms with E-state index in [9.17, 15) is 18.0 Å². The Hall–Kier alpha value is -2.65. The van der Waals surface area contributed by atoms with Crippen molar-refractivity contribution < 1.29 is 18.0 Å². The van der Waals surface area contributed by atoms with Gasteiger partial charge in [-0.1, -0.05) is 12.1 Å². The number of hydrogen-bond acceptors (Lipinski definition) is 4. The molecule has 2 fully saturated rings. The predicted octanol–water partition coefficient (Wildman–Crippen LogP) is 2.92. The van der Waals surface area contributed by atoms with E-state index in [1.807, 2.05) is 32.0 Å². The molecule has 0 aliphatic carbocycles. The molecule has 9 heteroatoms. The summed E-state index contributed by atoms with van der Waals surface area (Å²) >= 11 is 0. The largest absolute Gasteiger partial charge is 0.345 e. The van der Waals surface area contributed by atoms with Crippen LogP contribution < -0.4 is 5.32 Å². The van der Waals surface area contributed by atoms with Crippen LogP contribution in [0.3, 0.4) is 0 Å². The molecule has 0 unspecified atom stereocenters. The number of likely N-dealkylation sites (tertiary alicyclic amines) is 1. The van der Waals surface area contributed by atoms with E-state index in [0.29, 0.717) is 31.6 Å². The molecular formula is C24H32N4O4S. The number of rotatable bonds is 5. The van der Waals surface area contributed by atoms with Crippen LogP contribution in [0.25, 0.3) is 0 Å². The third kappa shape index (κ3) is 4.84. The highest BCUT2D eigenvalue weighted by molar-refractivity contribution is 7.89. The molecule has 2 aromatic rings. The van der Waals surface area contributed by atoms with Crippen LogP contribution in [0.5, 0.6) is 0 Å². The molecule has 1 aromatic heterocycles. The third-order valence-electron chi connectivity index (χ3n) is 6.71. The van der Waals surface area contributed by atoms with Crippen LogP contribution in [0.1, 0.15) is 47.3 Å². The van der Waals surface area contributed by atoms with E-state index in [1.165, 1.54) is 16.6 Å². The van der Waals surface area contributed by atoms with Crippen molar-refractivity contribution in [3.63, 3.8) is 0 Å². The average molecular weight is 473 g/mol. The zero-order valence-electron chi connectivity index (χ0n) is 19.5. The summed E-state index contributed by atoms with van der Waals surface area (Å²) < 4.78 is 29.5. The lowest BCUT2D eigenvalue weighted by Gasteiger charge is -2.30. The molecule has 33 heavy (non-hydrogen) atoms. The SMILES string of the molecule is Cc1ccc(C)c(NC(=O)C2CCN(S(=O)(=O)c3cc(C(=O)N4CCCC4)n(C)c3)CC2)c1. The van der Waals surface area contributed by atoms with Crippen LogP contribution in [0.15, 0.2) is 35.4 Å². The second kappa shape index (κ2) is 9.30. The fourth-order valence-corrected chi connectivity index (χ4v) is 6.12. The quantitative estimate of drug-likeness (QED) is 0.724. The lowest BCUT2D eigenvalue weighted by atomic mass is 9.97. The van der Waals surface area contributed by atoms with E-state index in [-0.39, 0.29) is 35.7 Å². The minimum absolute atomic E-state index is 0.0704. The molecule has 4 rings (SSSR count). The number of nitrogens with one attached hydrogen (secondary N) is 1. The summed E-state index contributed by atoms with van der Waals surface area (Å²) in [5.74, 6) is -0.434. The second-order valence-corrected chi connectivity index (χ2v) is 11.1. The van der Waals surface area contributed by atoms with Gasteiger partial charge in [-0.15, -0.1) is 0 Å². The van der Waals surface area contributed by atoms with Gasteiger partial charge in [0.2, 0.25) is 15.9 Å². The van der Waals surface area contributed by atoms with Crippen LogP contribution in [-0.2, 0) is 21.9 Å². The number of aryl methyl sites for hydroxylation is 3. The Balaban J connectivity index is 1.41. The van der Waals surface area contributed by atoms with Crippen molar-refractivity contribution >= 4 is 27.5 Å². The third-order valence-corrected chi connectivity index (χ3v) is 8.57. The van der Waals surface area contributed by atoms with E-state index in [2.05, 4.69) is 5.32 Å². The predicted molar refractivity (Wildman–Crippen MR) is 127 cm³/mol. The van der Waals surface area contributed by atoms with Crippen LogP contribution in [0, 0.1) is 19.8 Å². The number of carbonyl (C=O) groups excluding carboxylic acids is 2. The van der Waals surface area contributed by atoms with Gasteiger partial charge in [0.15, 0.2) is 0 Å². The first-order chi connectivity index (χ1) is 15.7. The van der Waals surface area contributed by atoms with Gasteiger partial charge >= 0.3 is 0 Å². The van der Waals surface area contributed by atoms with Crippen molar-refractivity contribution in [2.75, 3.05) is 31.5 Å². The highest BCUT2D eigenvalue weighted by atomic mass is 32.2. The molecule has 8 nitrogen and oxygen atoms in total. The monoisotopic (exact) mass is 472 g/mol. The van der Waals surface area contributed by atoms with Crippen molar-refractivity contribution in [3.8, 4) is 0 Å². The smallest absolute Gasteiger partial charge is 0.270 e. The van der Waals surface area contributed by atoms with E-state index >= 15 is 0 Å². The van der Waals surface area contributed by atoms with E-state index < -0.39 is 10.0 Å². The van der Waals surface area contributed by atoms with Crippen molar-refractivity contribution in [2.24, 2.45) is 13.0 Å². The highest BCUT2D eigenvalue weighted by Gasteiger charge is 2.34. The van der Waals surface area contributed by atoms with Gasteiger partial charge in [-0.2, -0.15) is 4.31 Å². The Morgan fingerprint density at radius 2 is 1.67 bits per heavy atom. The zero-order valence-corrected chi connectivity index (χ0v) is 20.3. The summed E-state index contributed by atoms with van der Waals surface area (Å²) in [7, 11) is -2.03. The lowest BCUT2D eigenvalue weighted by Crippen LogP contribution is -2.41. The number of nitrogens with zero attached hydrogens (tertiary/aromatic N) is 3. The number of hydrogen-bond donors (Lipinski definition) is 1. The lowest BCUT2D eigenvalue weighted by molar-refractivity contribution is -0.120. The van der Waals surface area contributed by atoms with Gasteiger partial charge in [0.25, 0.3) is 5.91 Å². The van der Waals surface area contributed by atoms with E-state index in [4.69, 9.17) is 0 Å². The molecule has 0 bridgehead atoms. The summed E-state index contributed by atoms with van der Waals surface area (Å²) in [6.07, 6.45) is 4.39. The topological polar surface area (TPSA) is 91.7 Å². The first kappa shape index (κ1) is 23.5. The maximum Gasteiger partial charge on any atom is 0.270 e. The summed E-state index contributed by atoms with van der Waals surface area (Å²) in [5.41, 5.74) is 3.26. The number of carbonyl (C=O) groups is 2. The fourth-order valence-electron chi connectivity index (χ4n) is 4.58. The number of aromatic nitrogens is 1. The normalized spacial score (nSPS) is 18.0. The van der Waals surface area contributed by atoms with Gasteiger partial charge in [-0.05, 0) is 62.8 Å². The van der Waals surface area contributed by atoms with Crippen LogP contribution in [0.4, 0.5) is 5.69 Å². The molecule has 2 aliphatic rings. The molecule has 2 aliphatic heterocycles. The first-order valence-corrected chi connectivity index (χ1v) is 12.9. The minimum Gasteiger partial charge on any atom is -0.345 e. The van der Waals surface area contributed by atoms with Gasteiger partial charge in [0.1, 0.15) is 10.6 Å². The van der Waals surface area contributed by atoms with E-state index in [0.717, 1.165) is 29.7 Å². The number of amides is 2. The molecule has 2 saturated heterocycles. The van der Waals surface area contributed by atoms with Gasteiger partial charge < -0.3 is 14.8 Å². The Bertz CT molecular complexity index is 1160. The van der Waals surface area contributed by atoms with Crippen LogP contribution in [0.2, 0.25) is 0 Å². The standard InChI is InChI=1S/C24H32N4O4S/c1-17-6-7-18(2)21(14-17)25-23(29)19-8-12-28(13-9-19)33(31,32)20-15-22(26(3)16-20)24(30)27-10-4-5-11-27/h6-7,14-16,19H,4-5,8-13H2,1-3H3,(H,25,29). The Kier molecular flexibility index (Phi) is 6.63. The van der Waals surface area contributed by atoms with Crippen molar-refractivity contribution in [1.82, 2.24) is 13.8 Å². The summed E-state index contributed by atoms with van der Waals surface area (Å²) in [5, 5.41) is 3.00. The van der Waals surface area contributed by atoms with Gasteiger partial charge in [0.05, 0.1) is 0 Å². The molecular weight excluding hydrogens is 440 g/mol. The van der Waals surface area contributed by atoms with Crippen molar-refractivity contribution in [3.05, 3.63) is 47.3 Å². The van der Waals surface area contributed by atoms with Gasteiger partial charge in [0, 0.05) is 51.0 Å². The van der Waals surface area contributed by atoms with Gasteiger partial charge in [-0.3, -0.25) is 9.59 Å². The number of sulfonamides is 1. The van der Waals surface area contributed by atoms with Crippen LogP contribution in [-0.4, -0.2) is 60.2 Å². The minimum atomic E-state index is -3.73. The molecule has 1 aromatic carbocycles. The second-order valence-electron chi connectivity index (χ2n) is 9.16. The number of piperidine rings is 1. The molecule has 2 amide bonds. The molecule has 0 atom stereocenters. The molecule has 1 N–H and O–H groups in total. The average Bonchev–Trinajstić information content (AvgIpc) is 3.46. The molecule has 3 heterocycles. The number of benzene rings is 1. The Morgan fingerprint density at radius 3 is 2.33 bits per heavy atom. The maximum absolute atomic E-state index is 13.2. The first-order valence-electron chi connectivity index (χ1n) is 11.5. The Labute approximate surface area is 195 Å². The maximum atomic E-state index is 13.2. The molecule has 0 spiro atoms. The summed E-state index contributed by atoms with van der Waals surface area (Å²) in [6, 6.07) is 7.41. The van der Waals surface area contributed by atoms with Crippen molar-refractivity contribution in [1.29, 1.82) is 0 Å². The summed E-state index contributed by atoms with van der Waals surface area (Å²) in [6.45, 7) is 5.90. The Morgan fingerprint density at radius 1 is 1.00 bits per heavy atom. The highest BCUT2D eigenvalue weighted by Crippen LogP contribution is 2.27. The van der Waals surface area contributed by atoms with Gasteiger partial charge in [-0.25, -0.2) is 8.42 Å². The van der Waals surface area contributed by atoms with Crippen molar-refractivity contribution in [2.45, 2.75) is 44.4 Å². The molecule has 178 valence electrons. The molecule has 0 saturated carbocycles. The fraction of sp³-hybridized carbons (Fsp3) is 0.500. The number of anilines is 1.